The predicted octanol–water partition coefficient (Wildman–Crippen LogP) is 4.29. The number of fused-ring (bicyclic) bond motifs is 2. The third kappa shape index (κ3) is 4.73. The topological polar surface area (TPSA) is 110 Å². The Labute approximate surface area is 241 Å². The largest absolute Gasteiger partial charge is 0.482 e. The Morgan fingerprint density at radius 1 is 1.23 bits per heavy atom. The van der Waals surface area contributed by atoms with Crippen molar-refractivity contribution in [1.29, 1.82) is 5.26 Å². The van der Waals surface area contributed by atoms with Gasteiger partial charge >= 0.3 is 0 Å². The van der Waals surface area contributed by atoms with E-state index in [0.29, 0.717) is 24.0 Å². The molecule has 5 heterocycles. The summed E-state index contributed by atoms with van der Waals surface area (Å²) in [5.74, 6) is 0.409. The Morgan fingerprint density at radius 3 is 2.77 bits per heavy atom. The van der Waals surface area contributed by atoms with Crippen LogP contribution in [0.1, 0.15) is 17.7 Å². The summed E-state index contributed by atoms with van der Waals surface area (Å²) in [6.45, 7) is 2.61. The van der Waals surface area contributed by atoms with Crippen molar-refractivity contribution < 1.29 is 14.9 Å². The first-order chi connectivity index (χ1) is 19.3. The quantitative estimate of drug-likeness (QED) is 0.311. The van der Waals surface area contributed by atoms with Gasteiger partial charge in [0.1, 0.15) is 6.23 Å². The number of aliphatic hydroxyl groups is 2. The summed E-state index contributed by atoms with van der Waals surface area (Å²) in [7, 11) is 3.22. The molecule has 40 heavy (non-hydrogen) atoms. The van der Waals surface area contributed by atoms with E-state index in [4.69, 9.17) is 16.3 Å². The number of hydrogen-bond donors (Lipinski definition) is 3. The van der Waals surface area contributed by atoms with Gasteiger partial charge in [0.25, 0.3) is 0 Å². The molecule has 0 aliphatic carbocycles. The van der Waals surface area contributed by atoms with Crippen molar-refractivity contribution in [2.75, 3.05) is 27.2 Å². The molecule has 1 aromatic carbocycles. The van der Waals surface area contributed by atoms with Crippen molar-refractivity contribution in [3.63, 3.8) is 0 Å². The Hall–Kier alpha value is -3.17. The summed E-state index contributed by atoms with van der Waals surface area (Å²) in [5, 5.41) is 36.7. The number of pyridine rings is 1. The molecule has 2 aliphatic rings. The van der Waals surface area contributed by atoms with Crippen LogP contribution in [0.2, 0.25) is 5.02 Å². The lowest BCUT2D eigenvalue weighted by atomic mass is 9.80. The second-order valence-corrected chi connectivity index (χ2v) is 12.1. The molecule has 11 heteroatoms. The van der Waals surface area contributed by atoms with Gasteiger partial charge in [-0.1, -0.05) is 11.6 Å². The highest BCUT2D eigenvalue weighted by Gasteiger charge is 2.34. The summed E-state index contributed by atoms with van der Waals surface area (Å²) in [5.41, 5.74) is 3.45. The van der Waals surface area contributed by atoms with Gasteiger partial charge in [-0.25, -0.2) is 4.90 Å². The number of rotatable bonds is 6. The van der Waals surface area contributed by atoms with Gasteiger partial charge in [0.2, 0.25) is 0 Å². The lowest BCUT2D eigenvalue weighted by Gasteiger charge is -2.40. The first-order valence-corrected chi connectivity index (χ1v) is 14.4. The summed E-state index contributed by atoms with van der Waals surface area (Å²) in [4.78, 5) is 8.72. The van der Waals surface area contributed by atoms with E-state index < -0.39 is 18.0 Å². The molecule has 0 bridgehead atoms. The van der Waals surface area contributed by atoms with Gasteiger partial charge in [-0.2, -0.15) is 5.26 Å². The maximum atomic E-state index is 10.8. The molecule has 4 aromatic rings. The molecule has 9 nitrogen and oxygen atoms in total. The molecule has 1 saturated heterocycles. The number of halogens is 1. The van der Waals surface area contributed by atoms with Crippen LogP contribution in [0.15, 0.2) is 54.7 Å². The number of thiophene rings is 1. The fraction of sp³-hybridized carbons (Fsp3) is 0.379. The van der Waals surface area contributed by atoms with E-state index in [9.17, 15) is 15.5 Å². The minimum atomic E-state index is -1.05. The van der Waals surface area contributed by atoms with Crippen LogP contribution in [0.5, 0.6) is 0 Å². The van der Waals surface area contributed by atoms with Crippen molar-refractivity contribution in [2.45, 2.75) is 38.5 Å². The van der Waals surface area contributed by atoms with Gasteiger partial charge in [0.15, 0.2) is 12.2 Å². The normalized spacial score (nSPS) is 21.5. The van der Waals surface area contributed by atoms with Crippen LogP contribution in [-0.2, 0) is 17.8 Å². The molecular weight excluding hydrogens is 548 g/mol. The number of aliphatic hydroxyl groups excluding tert-OH is 2. The summed E-state index contributed by atoms with van der Waals surface area (Å²) in [6, 6.07) is 12.6. The molecule has 2 aliphatic heterocycles. The van der Waals surface area contributed by atoms with E-state index in [1.54, 1.807) is 40.5 Å². The number of benzene rings is 1. The number of hydrogen-bond acceptors (Lipinski definition) is 9. The van der Waals surface area contributed by atoms with Gasteiger partial charge in [-0.05, 0) is 56.3 Å². The highest BCUT2D eigenvalue weighted by Crippen LogP contribution is 2.41. The molecule has 1 fully saturated rings. The average molecular weight is 579 g/mol. The molecular formula is C29H31ClN6O3S. The van der Waals surface area contributed by atoms with E-state index in [1.165, 1.54) is 7.11 Å². The summed E-state index contributed by atoms with van der Waals surface area (Å²) >= 11 is 8.20. The highest BCUT2D eigenvalue weighted by atomic mass is 35.5. The van der Waals surface area contributed by atoms with E-state index in [-0.39, 0.29) is 0 Å². The standard InChI is InChI=1S/C29H31ClN6O3S/c1-34-25(39-2)14-24(37)36(28(34)38)15-20-13-23-27(40-20)21(3-7-33-23)22-12-19(30)11-18-4-10-35(26(18)22)17-29(16-31)5-8-32-9-6-29/h3-4,7,10-14,24,28,32,37-38H,5-6,8-9,15,17H2,1-2H3. The second-order valence-electron chi connectivity index (χ2n) is 10.5. The molecule has 2 atom stereocenters. The van der Waals surface area contributed by atoms with Gasteiger partial charge in [0, 0.05) is 65.0 Å². The first kappa shape index (κ1) is 27.0. The average Bonchev–Trinajstić information content (AvgIpc) is 3.56. The van der Waals surface area contributed by atoms with Gasteiger partial charge in [-0.15, -0.1) is 11.3 Å². The number of ether oxygens (including phenoxy) is 1. The fourth-order valence-corrected chi connectivity index (χ4v) is 7.22. The van der Waals surface area contributed by atoms with Gasteiger partial charge in [0.05, 0.1) is 34.3 Å². The zero-order chi connectivity index (χ0) is 28.0. The maximum absolute atomic E-state index is 10.8. The van der Waals surface area contributed by atoms with Gasteiger partial charge in [-0.3, -0.25) is 4.98 Å². The summed E-state index contributed by atoms with van der Waals surface area (Å²) in [6.07, 6.45) is 4.99. The molecule has 208 valence electrons. The molecule has 3 aromatic heterocycles. The minimum absolute atomic E-state index is 0.320. The number of nitriles is 1. The number of aromatic nitrogens is 2. The van der Waals surface area contributed by atoms with Crippen LogP contribution in [0.4, 0.5) is 0 Å². The van der Waals surface area contributed by atoms with Crippen molar-refractivity contribution in [1.82, 2.24) is 24.7 Å². The third-order valence-electron chi connectivity index (χ3n) is 8.02. The van der Waals surface area contributed by atoms with Gasteiger partial charge < -0.3 is 29.7 Å². The Kier molecular flexibility index (Phi) is 7.21. The highest BCUT2D eigenvalue weighted by molar-refractivity contribution is 7.19. The van der Waals surface area contributed by atoms with Crippen molar-refractivity contribution in [3.05, 3.63) is 64.6 Å². The van der Waals surface area contributed by atoms with Crippen LogP contribution in [-0.4, -0.2) is 69.4 Å². The molecule has 0 amide bonds. The van der Waals surface area contributed by atoms with E-state index in [0.717, 1.165) is 63.1 Å². The fourth-order valence-electron chi connectivity index (χ4n) is 5.84. The van der Waals surface area contributed by atoms with Crippen molar-refractivity contribution in [3.8, 4) is 17.2 Å². The molecule has 6 rings (SSSR count). The Balaban J connectivity index is 1.41. The lowest BCUT2D eigenvalue weighted by molar-refractivity contribution is -0.173. The number of methoxy groups -OCH3 is 1. The SMILES string of the molecule is COC1=CC(O)N(Cc2cc3nccc(-c4cc(Cl)cc5ccn(CC6(C#N)CCNCC6)c45)c3s2)C(O)N1C. The van der Waals surface area contributed by atoms with E-state index in [2.05, 4.69) is 33.2 Å². The third-order valence-corrected chi connectivity index (χ3v) is 9.38. The molecule has 3 N–H and O–H groups in total. The zero-order valence-electron chi connectivity index (χ0n) is 22.3. The first-order valence-electron chi connectivity index (χ1n) is 13.2. The predicted molar refractivity (Wildman–Crippen MR) is 156 cm³/mol. The molecule has 2 unspecified atom stereocenters. The Morgan fingerprint density at radius 2 is 2.02 bits per heavy atom. The number of nitrogens with one attached hydrogen (secondary N) is 1. The van der Waals surface area contributed by atoms with E-state index in [1.807, 2.05) is 24.3 Å². The van der Waals surface area contributed by atoms with E-state index >= 15 is 0 Å². The van der Waals surface area contributed by atoms with Crippen molar-refractivity contribution in [2.24, 2.45) is 5.41 Å². The zero-order valence-corrected chi connectivity index (χ0v) is 23.9. The summed E-state index contributed by atoms with van der Waals surface area (Å²) < 4.78 is 8.46. The van der Waals surface area contributed by atoms with Crippen LogP contribution < -0.4 is 5.32 Å². The monoisotopic (exact) mass is 578 g/mol. The number of nitrogens with zero attached hydrogens (tertiary/aromatic N) is 5. The van der Waals surface area contributed by atoms with Crippen LogP contribution >= 0.6 is 22.9 Å². The number of piperidine rings is 1. The molecule has 0 saturated carbocycles. The van der Waals surface area contributed by atoms with Crippen LogP contribution in [0.25, 0.3) is 32.2 Å². The smallest absolute Gasteiger partial charge is 0.191 e. The van der Waals surface area contributed by atoms with Crippen molar-refractivity contribution >= 4 is 44.1 Å². The lowest BCUT2D eigenvalue weighted by Crippen LogP contribution is -2.53. The van der Waals surface area contributed by atoms with Crippen LogP contribution in [0.3, 0.4) is 0 Å². The molecule has 0 spiro atoms. The maximum Gasteiger partial charge on any atom is 0.191 e. The Bertz CT molecular complexity index is 1640. The van der Waals surface area contributed by atoms with Crippen LogP contribution in [0, 0.1) is 16.7 Å². The molecule has 0 radical (unpaired) electrons. The second kappa shape index (κ2) is 10.7. The minimum Gasteiger partial charge on any atom is -0.482 e.